The zero-order valence-corrected chi connectivity index (χ0v) is 24.2. The number of nitrogens with two attached hydrogens (primary N) is 1. The first-order valence-electron chi connectivity index (χ1n) is 14.6. The van der Waals surface area contributed by atoms with Crippen molar-refractivity contribution in [2.24, 2.45) is 28.6 Å². The molecule has 2 saturated carbocycles. The molecular weight excluding hydrogens is 453 g/mol. The SMILES string of the molecule is C=C1C=C[C@]2(C)C(=C1)CCC1C3CP4CCC4(C(=C)CCc4ccc(N)cc4)C3(C)CCC12.CCC. The molecule has 0 amide bonds. The van der Waals surface area contributed by atoms with Gasteiger partial charge in [0.25, 0.3) is 0 Å². The molecule has 6 unspecified atom stereocenters. The lowest BCUT2D eigenvalue weighted by Crippen LogP contribution is -2.56. The van der Waals surface area contributed by atoms with Crippen LogP contribution in [0.3, 0.4) is 0 Å². The molecule has 1 nitrogen and oxygen atoms in total. The molecule has 2 heterocycles. The summed E-state index contributed by atoms with van der Waals surface area (Å²) < 4.78 is 0. The molecule has 2 saturated heterocycles. The van der Waals surface area contributed by atoms with E-state index in [4.69, 9.17) is 12.3 Å². The van der Waals surface area contributed by atoms with Crippen molar-refractivity contribution < 1.29 is 0 Å². The molecule has 1 aromatic rings. The summed E-state index contributed by atoms with van der Waals surface area (Å²) in [5.74, 6) is 2.60. The van der Waals surface area contributed by atoms with Crippen LogP contribution in [0, 0.1) is 28.6 Å². The van der Waals surface area contributed by atoms with Gasteiger partial charge in [-0.25, -0.2) is 0 Å². The number of hydrogen-bond donors (Lipinski definition) is 1. The van der Waals surface area contributed by atoms with Gasteiger partial charge in [-0.3, -0.25) is 0 Å². The number of rotatable bonds is 4. The maximum absolute atomic E-state index is 5.90. The fourth-order valence-electron chi connectivity index (χ4n) is 9.06. The summed E-state index contributed by atoms with van der Waals surface area (Å²) >= 11 is 0. The van der Waals surface area contributed by atoms with Crippen molar-refractivity contribution in [3.63, 3.8) is 0 Å². The van der Waals surface area contributed by atoms with Crippen LogP contribution in [0.15, 0.2) is 72.4 Å². The number of allylic oxidation sites excluding steroid dienone is 6. The predicted octanol–water partition coefficient (Wildman–Crippen LogP) is 9.31. The van der Waals surface area contributed by atoms with E-state index in [1.54, 1.807) is 11.1 Å². The molecular formula is C34H48NP. The van der Waals surface area contributed by atoms with Crippen LogP contribution in [0.4, 0.5) is 5.69 Å². The fraction of sp³-hybridized carbons (Fsp3) is 0.588. The summed E-state index contributed by atoms with van der Waals surface area (Å²) in [6.07, 6.45) is 20.6. The van der Waals surface area contributed by atoms with E-state index in [-0.39, 0.29) is 13.3 Å². The third-order valence-corrected chi connectivity index (χ3v) is 14.7. The van der Waals surface area contributed by atoms with Gasteiger partial charge >= 0.3 is 0 Å². The van der Waals surface area contributed by atoms with Crippen molar-refractivity contribution in [2.45, 2.75) is 84.2 Å². The summed E-state index contributed by atoms with van der Waals surface area (Å²) in [6, 6.07) is 8.49. The van der Waals surface area contributed by atoms with Gasteiger partial charge in [-0.15, -0.1) is 0 Å². The number of aryl methyl sites for hydroxylation is 1. The Morgan fingerprint density at radius 3 is 2.47 bits per heavy atom. The van der Waals surface area contributed by atoms with Crippen molar-refractivity contribution in [3.05, 3.63) is 77.9 Å². The summed E-state index contributed by atoms with van der Waals surface area (Å²) in [5.41, 5.74) is 13.3. The topological polar surface area (TPSA) is 26.0 Å². The number of benzene rings is 1. The Hall–Kier alpha value is -1.59. The van der Waals surface area contributed by atoms with Crippen molar-refractivity contribution in [2.75, 3.05) is 18.1 Å². The average Bonchev–Trinajstić information content (AvgIpc) is 3.01. The minimum Gasteiger partial charge on any atom is -0.399 e. The largest absolute Gasteiger partial charge is 0.399 e. The fourth-order valence-corrected chi connectivity index (χ4v) is 13.2. The monoisotopic (exact) mass is 501 g/mol. The summed E-state index contributed by atoms with van der Waals surface area (Å²) in [5, 5.41) is 0.458. The third-order valence-electron chi connectivity index (χ3n) is 11.0. The van der Waals surface area contributed by atoms with Gasteiger partial charge in [0, 0.05) is 16.3 Å². The Kier molecular flexibility index (Phi) is 6.95. The van der Waals surface area contributed by atoms with Crippen LogP contribution in [0.25, 0.3) is 0 Å². The molecule has 1 aromatic carbocycles. The zero-order valence-electron chi connectivity index (χ0n) is 23.3. The highest BCUT2D eigenvalue weighted by Crippen LogP contribution is 2.83. The summed E-state index contributed by atoms with van der Waals surface area (Å²) in [4.78, 5) is 0. The number of hydrogen-bond acceptors (Lipinski definition) is 1. The molecule has 2 aliphatic heterocycles. The van der Waals surface area contributed by atoms with E-state index in [9.17, 15) is 0 Å². The lowest BCUT2D eigenvalue weighted by molar-refractivity contribution is -0.0306. The minimum absolute atomic E-state index is 0.105. The Bertz CT molecular complexity index is 1080. The first-order chi connectivity index (χ1) is 17.2. The van der Waals surface area contributed by atoms with Crippen LogP contribution in [0.2, 0.25) is 0 Å². The Labute approximate surface area is 222 Å². The summed E-state index contributed by atoms with van der Waals surface area (Å²) in [7, 11) is 0.105. The van der Waals surface area contributed by atoms with Gasteiger partial charge < -0.3 is 5.73 Å². The van der Waals surface area contributed by atoms with Crippen LogP contribution in [-0.4, -0.2) is 17.5 Å². The van der Waals surface area contributed by atoms with Crippen molar-refractivity contribution >= 4 is 13.6 Å². The molecule has 0 radical (unpaired) electrons. The highest BCUT2D eigenvalue weighted by Gasteiger charge is 2.70. The van der Waals surface area contributed by atoms with Gasteiger partial charge in [-0.1, -0.05) is 96.7 Å². The van der Waals surface area contributed by atoms with Gasteiger partial charge in [-0.05, 0) is 104 Å². The van der Waals surface area contributed by atoms with Crippen LogP contribution in [-0.2, 0) is 6.42 Å². The molecule has 2 N–H and O–H groups in total. The van der Waals surface area contributed by atoms with Crippen molar-refractivity contribution in [1.82, 2.24) is 0 Å². The molecule has 0 aromatic heterocycles. The molecule has 0 spiro atoms. The van der Waals surface area contributed by atoms with Gasteiger partial charge in [0.1, 0.15) is 0 Å². The molecule has 0 bridgehead atoms. The maximum atomic E-state index is 5.90. The number of nitrogen functional groups attached to an aromatic ring is 1. The molecule has 4 fully saturated rings. The molecule has 2 heteroatoms. The zero-order chi connectivity index (χ0) is 25.7. The second kappa shape index (κ2) is 9.62. The molecule has 6 rings (SSSR count). The molecule has 194 valence electrons. The van der Waals surface area contributed by atoms with E-state index in [1.807, 2.05) is 12.1 Å². The molecule has 5 aliphatic rings. The van der Waals surface area contributed by atoms with Crippen LogP contribution in [0.5, 0.6) is 0 Å². The van der Waals surface area contributed by atoms with Gasteiger partial charge in [0.15, 0.2) is 0 Å². The number of fused-ring (bicyclic) bond motifs is 7. The smallest absolute Gasteiger partial charge is 0.0314 e. The minimum atomic E-state index is 0.105. The van der Waals surface area contributed by atoms with E-state index in [1.165, 1.54) is 62.0 Å². The summed E-state index contributed by atoms with van der Waals surface area (Å²) in [6.45, 7) is 18.6. The lowest BCUT2D eigenvalue weighted by atomic mass is 9.45. The first kappa shape index (κ1) is 26.0. The van der Waals surface area contributed by atoms with Gasteiger partial charge in [-0.2, -0.15) is 0 Å². The van der Waals surface area contributed by atoms with E-state index >= 15 is 0 Å². The maximum Gasteiger partial charge on any atom is 0.0314 e. The van der Waals surface area contributed by atoms with Crippen molar-refractivity contribution in [1.29, 1.82) is 0 Å². The quantitative estimate of drug-likeness (QED) is 0.248. The second-order valence-corrected chi connectivity index (χ2v) is 15.5. The van der Waals surface area contributed by atoms with E-state index in [0.717, 1.165) is 36.3 Å². The van der Waals surface area contributed by atoms with Crippen molar-refractivity contribution in [3.8, 4) is 0 Å². The predicted molar refractivity (Wildman–Crippen MR) is 160 cm³/mol. The Morgan fingerprint density at radius 2 is 1.81 bits per heavy atom. The average molecular weight is 502 g/mol. The van der Waals surface area contributed by atoms with E-state index in [0.29, 0.717) is 10.6 Å². The standard InChI is InChI=1S/C31H40NP.C3H8/c1-21-13-15-29(3)24(19-21)9-12-26-27(29)14-16-30(4)28(26)20-33-18-17-31(30,33)22(2)5-6-23-7-10-25(32)11-8-23;1-3-2/h7-8,10-11,13,15,19,26-28H,1-2,5-6,9,12,14,16-18,20,32H2,3-4H3;3H2,1-2H3/t26?,27?,28?,29-,30?,31?,33?;/m1./s1. The second-order valence-electron chi connectivity index (χ2n) is 12.8. The molecule has 7 atom stereocenters. The van der Waals surface area contributed by atoms with Crippen LogP contribution < -0.4 is 5.73 Å². The van der Waals surface area contributed by atoms with E-state index < -0.39 is 0 Å². The van der Waals surface area contributed by atoms with Gasteiger partial charge in [0.2, 0.25) is 0 Å². The first-order valence-corrected chi connectivity index (χ1v) is 16.3. The Morgan fingerprint density at radius 1 is 1.08 bits per heavy atom. The highest BCUT2D eigenvalue weighted by atomic mass is 31.1. The van der Waals surface area contributed by atoms with Crippen LogP contribution >= 0.6 is 7.92 Å². The number of anilines is 1. The lowest BCUT2D eigenvalue weighted by Gasteiger charge is -2.62. The molecule has 3 aliphatic carbocycles. The van der Waals surface area contributed by atoms with Gasteiger partial charge in [0.05, 0.1) is 0 Å². The van der Waals surface area contributed by atoms with Crippen LogP contribution in [0.1, 0.15) is 78.2 Å². The van der Waals surface area contributed by atoms with E-state index in [2.05, 4.69) is 64.6 Å². The highest BCUT2D eigenvalue weighted by molar-refractivity contribution is 7.61. The molecule has 36 heavy (non-hydrogen) atoms. The Balaban J connectivity index is 0.000000848. The third kappa shape index (κ3) is 3.83. The normalized spacial score (nSPS) is 39.9.